The number of carbonyl (C=O) groups excluding carboxylic acids is 5. The molecule has 0 aliphatic heterocycles. The molecule has 2 amide bonds. The zero-order valence-corrected chi connectivity index (χ0v) is 31.4. The van der Waals surface area contributed by atoms with Gasteiger partial charge >= 0.3 is 0 Å². The van der Waals surface area contributed by atoms with Gasteiger partial charge in [-0.2, -0.15) is 0 Å². The first-order valence-corrected chi connectivity index (χ1v) is 16.3. The number of nitrogens with two attached hydrogens (primary N) is 1. The molecule has 0 spiro atoms. The average Bonchev–Trinajstić information content (AvgIpc) is 3.27. The van der Waals surface area contributed by atoms with Crippen LogP contribution in [-0.4, -0.2) is 28.1 Å². The SMILES string of the molecule is Nc1c(F)c(F)c(F)c(F)c1F.O=C(Cl)c1ccc(C(=O)Cl)cc1.O=C(Nc1c(F)c(F)c(F)c(F)c1F)c1ccc(C(=O)Nc2c(F)c(F)c(F)c(F)c2F)cc1.[2H]CC(C)=O. The van der Waals surface area contributed by atoms with Gasteiger partial charge in [-0.3, -0.25) is 19.2 Å². The highest BCUT2D eigenvalue weighted by molar-refractivity contribution is 6.68. The Morgan fingerprint density at radius 2 is 0.613 bits per heavy atom. The van der Waals surface area contributed by atoms with Gasteiger partial charge in [0.05, 0.1) is 0 Å². The second-order valence-corrected chi connectivity index (χ2v) is 11.9. The van der Waals surface area contributed by atoms with Crippen molar-refractivity contribution in [2.45, 2.75) is 13.8 Å². The van der Waals surface area contributed by atoms with Crippen LogP contribution in [0.1, 0.15) is 56.6 Å². The molecular weight excluding hydrogens is 922 g/mol. The minimum Gasteiger partial charge on any atom is -0.394 e. The number of amides is 2. The first kappa shape index (κ1) is 49.7. The smallest absolute Gasteiger partial charge is 0.255 e. The summed E-state index contributed by atoms with van der Waals surface area (Å²) in [6.07, 6.45) is 0. The maximum atomic E-state index is 13.7. The maximum absolute atomic E-state index is 13.7. The fourth-order valence-electron chi connectivity index (χ4n) is 3.93. The summed E-state index contributed by atoms with van der Waals surface area (Å²) in [5.74, 6) is -36.5. The van der Waals surface area contributed by atoms with E-state index in [2.05, 4.69) is 5.73 Å². The van der Waals surface area contributed by atoms with Crippen molar-refractivity contribution in [2.75, 3.05) is 16.4 Å². The fraction of sp³-hybridized carbons (Fsp3) is 0.0541. The second kappa shape index (κ2) is 21.8. The van der Waals surface area contributed by atoms with E-state index in [1.54, 1.807) is 0 Å². The lowest BCUT2D eigenvalue weighted by Gasteiger charge is -2.11. The van der Waals surface area contributed by atoms with Crippen molar-refractivity contribution >= 4 is 68.3 Å². The Bertz CT molecular complexity index is 2310. The van der Waals surface area contributed by atoms with E-state index in [1.165, 1.54) is 41.8 Å². The number of hydrogen-bond acceptors (Lipinski definition) is 6. The summed E-state index contributed by atoms with van der Waals surface area (Å²) in [4.78, 5) is 55.0. The summed E-state index contributed by atoms with van der Waals surface area (Å²) in [5.41, 5.74) is -0.360. The van der Waals surface area contributed by atoms with Gasteiger partial charge in [-0.1, -0.05) is 0 Å². The highest BCUT2D eigenvalue weighted by Gasteiger charge is 2.29. The molecule has 5 rings (SSSR count). The molecule has 0 atom stereocenters. The topological polar surface area (TPSA) is 135 Å². The van der Waals surface area contributed by atoms with Gasteiger partial charge in [-0.25, -0.2) is 65.9 Å². The van der Waals surface area contributed by atoms with Crippen LogP contribution >= 0.6 is 23.2 Å². The number of rotatable bonds is 6. The summed E-state index contributed by atoms with van der Waals surface area (Å²) < 4.78 is 201. The average molecular weight is 941 g/mol. The Morgan fingerprint density at radius 3 is 0.823 bits per heavy atom. The van der Waals surface area contributed by atoms with Gasteiger partial charge in [0, 0.05) is 23.6 Å². The first-order chi connectivity index (χ1) is 29.2. The minimum absolute atomic E-state index is 0.0787. The molecule has 0 aliphatic rings. The van der Waals surface area contributed by atoms with Gasteiger partial charge in [0.2, 0.25) is 17.5 Å². The quantitative estimate of drug-likeness (QED) is 0.0510. The summed E-state index contributed by atoms with van der Waals surface area (Å²) in [5, 5.41) is 1.84. The van der Waals surface area contributed by atoms with Crippen molar-refractivity contribution in [3.63, 3.8) is 0 Å². The van der Waals surface area contributed by atoms with Crippen LogP contribution in [0.4, 0.5) is 82.9 Å². The van der Waals surface area contributed by atoms with Gasteiger partial charge in [0.25, 0.3) is 22.3 Å². The molecule has 25 heteroatoms. The van der Waals surface area contributed by atoms with Gasteiger partial charge in [-0.15, -0.1) is 0 Å². The molecule has 0 saturated carbocycles. The third-order valence-corrected chi connectivity index (χ3v) is 7.32. The number of Topliss-reactive ketones (excluding diaryl/α,β-unsaturated/α-hetero) is 1. The zero-order chi connectivity index (χ0) is 48.4. The number of hydrogen-bond donors (Lipinski definition) is 3. The first-order valence-electron chi connectivity index (χ1n) is 16.2. The van der Waals surface area contributed by atoms with Gasteiger partial charge in [0.1, 0.15) is 22.8 Å². The molecule has 62 heavy (non-hydrogen) atoms. The molecule has 0 heterocycles. The fourth-order valence-corrected chi connectivity index (χ4v) is 4.18. The van der Waals surface area contributed by atoms with Crippen LogP contribution in [0.3, 0.4) is 0 Å². The molecule has 5 aromatic rings. The van der Waals surface area contributed by atoms with Crippen molar-refractivity contribution in [2.24, 2.45) is 0 Å². The van der Waals surface area contributed by atoms with E-state index in [1.807, 2.05) is 0 Å². The highest BCUT2D eigenvalue weighted by Crippen LogP contribution is 2.29. The van der Waals surface area contributed by atoms with Crippen molar-refractivity contribution in [3.8, 4) is 0 Å². The summed E-state index contributed by atoms with van der Waals surface area (Å²) in [6, 6.07) is 9.00. The molecule has 0 bridgehead atoms. The van der Waals surface area contributed by atoms with Gasteiger partial charge in [-0.05, 0) is 85.6 Å². The molecule has 5 aromatic carbocycles. The van der Waals surface area contributed by atoms with Crippen LogP contribution in [0.5, 0.6) is 0 Å². The predicted molar refractivity (Wildman–Crippen MR) is 189 cm³/mol. The molecule has 0 aliphatic carbocycles. The molecule has 0 saturated heterocycles. The van der Waals surface area contributed by atoms with Crippen molar-refractivity contribution < 1.29 is 91.2 Å². The van der Waals surface area contributed by atoms with Crippen LogP contribution in [-0.2, 0) is 4.79 Å². The minimum atomic E-state index is -2.45. The van der Waals surface area contributed by atoms with Crippen LogP contribution in [0.25, 0.3) is 0 Å². The summed E-state index contributed by atoms with van der Waals surface area (Å²) >= 11 is 10.4. The normalized spacial score (nSPS) is 10.5. The van der Waals surface area contributed by atoms with E-state index >= 15 is 0 Å². The molecule has 0 aromatic heterocycles. The van der Waals surface area contributed by atoms with Crippen LogP contribution in [0, 0.1) is 87.3 Å². The number of halogens is 17. The molecular formula is C37H18Cl2F15N3O5. The van der Waals surface area contributed by atoms with Crippen LogP contribution in [0.15, 0.2) is 48.5 Å². The maximum Gasteiger partial charge on any atom is 0.255 e. The van der Waals surface area contributed by atoms with E-state index in [9.17, 15) is 89.8 Å². The van der Waals surface area contributed by atoms with Crippen LogP contribution in [0.2, 0.25) is 0 Å². The molecule has 0 radical (unpaired) electrons. The number of anilines is 3. The third-order valence-electron chi connectivity index (χ3n) is 6.89. The number of nitrogen functional groups attached to an aromatic ring is 1. The van der Waals surface area contributed by atoms with E-state index in [4.69, 9.17) is 24.6 Å². The highest BCUT2D eigenvalue weighted by atomic mass is 35.5. The number of nitrogens with one attached hydrogen (secondary N) is 2. The zero-order valence-electron chi connectivity index (χ0n) is 30.9. The summed E-state index contributed by atoms with van der Waals surface area (Å²) in [6.45, 7) is 1.31. The lowest BCUT2D eigenvalue weighted by molar-refractivity contribution is -0.115. The Kier molecular flexibility index (Phi) is 17.5. The second-order valence-electron chi connectivity index (χ2n) is 11.2. The Hall–Kier alpha value is -6.62. The van der Waals surface area contributed by atoms with Crippen molar-refractivity contribution in [1.82, 2.24) is 0 Å². The Balaban J connectivity index is 0.000000380. The van der Waals surface area contributed by atoms with E-state index < -0.39 is 138 Å². The molecule has 0 unspecified atom stereocenters. The van der Waals surface area contributed by atoms with Gasteiger partial charge < -0.3 is 21.2 Å². The van der Waals surface area contributed by atoms with Crippen molar-refractivity contribution in [1.29, 1.82) is 0 Å². The molecule has 330 valence electrons. The monoisotopic (exact) mass is 940 g/mol. The Labute approximate surface area is 347 Å². The lowest BCUT2D eigenvalue weighted by atomic mass is 10.1. The van der Waals surface area contributed by atoms with Crippen molar-refractivity contribution in [3.05, 3.63) is 158 Å². The lowest BCUT2D eigenvalue weighted by Crippen LogP contribution is -2.18. The van der Waals surface area contributed by atoms with E-state index in [-0.39, 0.29) is 12.7 Å². The largest absolute Gasteiger partial charge is 0.394 e. The van der Waals surface area contributed by atoms with E-state index in [0.29, 0.717) is 11.1 Å². The van der Waals surface area contributed by atoms with Gasteiger partial charge in [0.15, 0.2) is 69.8 Å². The van der Waals surface area contributed by atoms with Crippen LogP contribution < -0.4 is 16.4 Å². The predicted octanol–water partition coefficient (Wildman–Crippen LogP) is 10.6. The van der Waals surface area contributed by atoms with E-state index in [0.717, 1.165) is 24.3 Å². The summed E-state index contributed by atoms with van der Waals surface area (Å²) in [7, 11) is 0. The Morgan fingerprint density at radius 1 is 0.419 bits per heavy atom. The molecule has 4 N–H and O–H groups in total. The number of carbonyl (C=O) groups is 5. The number of benzene rings is 5. The standard InChI is InChI=1S/C20H6F10N2O2.C8H4Cl2O2.C6H2F5N.C3H6O/c21-7-9(23)13(27)17(14(28)10(7)24)31-19(33)5-1-2-6(4-3-5)20(34)32-18-15(29)11(25)8(22)12(26)16(18)30;9-7(11)5-1-2-6(4-3-5)8(10)12;7-1-2(8)4(10)6(12)5(11)3(1)9;1-3(2)4/h1-4H,(H,31,33)(H,32,34);1-4H;12H2;1-2H3/i;;;1D. The number of ketones is 1. The molecule has 0 fully saturated rings. The third kappa shape index (κ3) is 12.2. The molecule has 8 nitrogen and oxygen atoms in total.